The van der Waals surface area contributed by atoms with Crippen LogP contribution in [0.5, 0.6) is 0 Å². The second-order valence-electron chi connectivity index (χ2n) is 5.78. The molecule has 1 fully saturated rings. The van der Waals surface area contributed by atoms with Crippen molar-refractivity contribution in [2.24, 2.45) is 5.92 Å². The number of carbonyl (C=O) groups excluding carboxylic acids is 2. The molecule has 0 saturated carbocycles. The highest BCUT2D eigenvalue weighted by Gasteiger charge is 2.27. The standard InChI is InChI=1S/C15H22N2O2S/c1-9(2)15(19)17-7-5-12(6-8-17)14-16-10(3)13(20-14)11(4)18/h9,12H,5-8H2,1-4H3. The van der Waals surface area contributed by atoms with Crippen molar-refractivity contribution < 1.29 is 9.59 Å². The maximum Gasteiger partial charge on any atom is 0.225 e. The first-order valence-electron chi connectivity index (χ1n) is 7.17. The third-order valence-electron chi connectivity index (χ3n) is 3.78. The number of Topliss-reactive ketones (excluding diaryl/α,β-unsaturated/α-hetero) is 1. The fourth-order valence-corrected chi connectivity index (χ4v) is 3.76. The van der Waals surface area contributed by atoms with Gasteiger partial charge in [0, 0.05) is 31.8 Å². The van der Waals surface area contributed by atoms with E-state index in [0.29, 0.717) is 5.92 Å². The molecule has 5 heteroatoms. The van der Waals surface area contributed by atoms with Crippen molar-refractivity contribution in [1.82, 2.24) is 9.88 Å². The van der Waals surface area contributed by atoms with E-state index in [9.17, 15) is 9.59 Å². The van der Waals surface area contributed by atoms with Crippen LogP contribution in [0.1, 0.15) is 59.9 Å². The van der Waals surface area contributed by atoms with E-state index in [2.05, 4.69) is 4.98 Å². The zero-order valence-electron chi connectivity index (χ0n) is 12.6. The molecule has 0 N–H and O–H groups in total. The van der Waals surface area contributed by atoms with Crippen LogP contribution >= 0.6 is 11.3 Å². The normalized spacial score (nSPS) is 16.8. The van der Waals surface area contributed by atoms with E-state index in [-0.39, 0.29) is 17.6 Å². The van der Waals surface area contributed by atoms with Crippen LogP contribution < -0.4 is 0 Å². The zero-order valence-corrected chi connectivity index (χ0v) is 13.4. The maximum atomic E-state index is 12.0. The highest BCUT2D eigenvalue weighted by molar-refractivity contribution is 7.13. The third kappa shape index (κ3) is 3.08. The Kier molecular flexibility index (Phi) is 4.58. The number of likely N-dealkylation sites (tertiary alicyclic amines) is 1. The SMILES string of the molecule is CC(=O)c1sc(C2CCN(C(=O)C(C)C)CC2)nc1C. The molecule has 0 spiro atoms. The van der Waals surface area contributed by atoms with Gasteiger partial charge in [-0.15, -0.1) is 11.3 Å². The molecule has 2 rings (SSSR count). The second-order valence-corrected chi connectivity index (χ2v) is 6.81. The lowest BCUT2D eigenvalue weighted by atomic mass is 9.96. The highest BCUT2D eigenvalue weighted by Crippen LogP contribution is 2.33. The van der Waals surface area contributed by atoms with Gasteiger partial charge in [0.15, 0.2) is 5.78 Å². The van der Waals surface area contributed by atoms with Crippen LogP contribution in [0.2, 0.25) is 0 Å². The Bertz CT molecular complexity index is 514. The third-order valence-corrected chi connectivity index (χ3v) is 5.20. The predicted molar refractivity (Wildman–Crippen MR) is 80.2 cm³/mol. The molecular formula is C15H22N2O2S. The van der Waals surface area contributed by atoms with Crippen LogP contribution in [0.25, 0.3) is 0 Å². The zero-order chi connectivity index (χ0) is 14.9. The quantitative estimate of drug-likeness (QED) is 0.805. The first-order chi connectivity index (χ1) is 9.40. The van der Waals surface area contributed by atoms with Crippen LogP contribution in [-0.2, 0) is 4.79 Å². The number of aryl methyl sites for hydroxylation is 1. The molecule has 0 aliphatic carbocycles. The van der Waals surface area contributed by atoms with Crippen molar-refractivity contribution in [3.63, 3.8) is 0 Å². The van der Waals surface area contributed by atoms with E-state index >= 15 is 0 Å². The van der Waals surface area contributed by atoms with Crippen LogP contribution in [0.3, 0.4) is 0 Å². The lowest BCUT2D eigenvalue weighted by molar-refractivity contribution is -0.135. The van der Waals surface area contributed by atoms with Gasteiger partial charge >= 0.3 is 0 Å². The van der Waals surface area contributed by atoms with Gasteiger partial charge in [-0.3, -0.25) is 9.59 Å². The number of rotatable bonds is 3. The average molecular weight is 294 g/mol. The Balaban J connectivity index is 2.02. The van der Waals surface area contributed by atoms with Gasteiger partial charge in [0.05, 0.1) is 15.6 Å². The molecule has 0 aromatic carbocycles. The molecule has 20 heavy (non-hydrogen) atoms. The van der Waals surface area contributed by atoms with Crippen molar-refractivity contribution in [3.05, 3.63) is 15.6 Å². The second kappa shape index (κ2) is 6.04. The Hall–Kier alpha value is -1.23. The van der Waals surface area contributed by atoms with E-state index < -0.39 is 0 Å². The summed E-state index contributed by atoms with van der Waals surface area (Å²) in [5.41, 5.74) is 0.846. The minimum absolute atomic E-state index is 0.0676. The topological polar surface area (TPSA) is 50.3 Å². The summed E-state index contributed by atoms with van der Waals surface area (Å²) in [5, 5.41) is 1.06. The van der Waals surface area contributed by atoms with Crippen LogP contribution in [0.15, 0.2) is 0 Å². The summed E-state index contributed by atoms with van der Waals surface area (Å²) in [6, 6.07) is 0. The number of amides is 1. The molecule has 1 aliphatic heterocycles. The molecule has 0 bridgehead atoms. The number of nitrogens with zero attached hydrogens (tertiary/aromatic N) is 2. The molecule has 1 amide bonds. The monoisotopic (exact) mass is 294 g/mol. The maximum absolute atomic E-state index is 12.0. The molecule has 1 aromatic heterocycles. The van der Waals surface area contributed by atoms with Crippen LogP contribution in [0.4, 0.5) is 0 Å². The summed E-state index contributed by atoms with van der Waals surface area (Å²) in [4.78, 5) is 30.7. The largest absolute Gasteiger partial charge is 0.342 e. The number of piperidine rings is 1. The molecular weight excluding hydrogens is 272 g/mol. The van der Waals surface area contributed by atoms with Gasteiger partial charge in [-0.05, 0) is 19.8 Å². The molecule has 110 valence electrons. The molecule has 1 aromatic rings. The van der Waals surface area contributed by atoms with E-state index in [0.717, 1.165) is 41.5 Å². The molecule has 0 unspecified atom stereocenters. The van der Waals surface area contributed by atoms with Crippen LogP contribution in [-0.4, -0.2) is 34.7 Å². The number of carbonyl (C=O) groups is 2. The minimum Gasteiger partial charge on any atom is -0.342 e. The Morgan fingerprint density at radius 3 is 2.35 bits per heavy atom. The molecule has 1 saturated heterocycles. The molecule has 4 nitrogen and oxygen atoms in total. The molecule has 2 heterocycles. The van der Waals surface area contributed by atoms with E-state index in [1.54, 1.807) is 6.92 Å². The van der Waals surface area contributed by atoms with Crippen molar-refractivity contribution in [2.75, 3.05) is 13.1 Å². The minimum atomic E-state index is 0.0676. The number of thiazole rings is 1. The Morgan fingerprint density at radius 2 is 1.90 bits per heavy atom. The lowest BCUT2D eigenvalue weighted by Crippen LogP contribution is -2.40. The summed E-state index contributed by atoms with van der Waals surface area (Å²) in [6.07, 6.45) is 1.89. The van der Waals surface area contributed by atoms with Crippen molar-refractivity contribution in [2.45, 2.75) is 46.5 Å². The van der Waals surface area contributed by atoms with E-state index in [1.165, 1.54) is 11.3 Å². The van der Waals surface area contributed by atoms with E-state index in [1.807, 2.05) is 25.7 Å². The number of aromatic nitrogens is 1. The first-order valence-corrected chi connectivity index (χ1v) is 7.98. The van der Waals surface area contributed by atoms with E-state index in [4.69, 9.17) is 0 Å². The first kappa shape index (κ1) is 15.2. The van der Waals surface area contributed by atoms with Crippen LogP contribution in [0, 0.1) is 12.8 Å². The summed E-state index contributed by atoms with van der Waals surface area (Å²) >= 11 is 1.53. The van der Waals surface area contributed by atoms with Gasteiger partial charge in [0.2, 0.25) is 5.91 Å². The van der Waals surface area contributed by atoms with Gasteiger partial charge in [-0.2, -0.15) is 0 Å². The summed E-state index contributed by atoms with van der Waals surface area (Å²) in [7, 11) is 0. The Morgan fingerprint density at radius 1 is 1.30 bits per heavy atom. The fourth-order valence-electron chi connectivity index (χ4n) is 2.63. The number of hydrogen-bond acceptors (Lipinski definition) is 4. The fraction of sp³-hybridized carbons (Fsp3) is 0.667. The van der Waals surface area contributed by atoms with Gasteiger partial charge in [-0.1, -0.05) is 13.8 Å². The van der Waals surface area contributed by atoms with Crippen molar-refractivity contribution in [1.29, 1.82) is 0 Å². The summed E-state index contributed by atoms with van der Waals surface area (Å²) in [6.45, 7) is 8.98. The average Bonchev–Trinajstić information content (AvgIpc) is 2.80. The van der Waals surface area contributed by atoms with Gasteiger partial charge in [0.25, 0.3) is 0 Å². The van der Waals surface area contributed by atoms with Crippen molar-refractivity contribution >= 4 is 23.0 Å². The molecule has 0 atom stereocenters. The van der Waals surface area contributed by atoms with Gasteiger partial charge < -0.3 is 4.90 Å². The lowest BCUT2D eigenvalue weighted by Gasteiger charge is -2.32. The molecule has 0 radical (unpaired) electrons. The number of ketones is 1. The summed E-state index contributed by atoms with van der Waals surface area (Å²) in [5.74, 6) is 0.794. The highest BCUT2D eigenvalue weighted by atomic mass is 32.1. The predicted octanol–water partition coefficient (Wildman–Crippen LogP) is 3.02. The smallest absolute Gasteiger partial charge is 0.225 e. The number of hydrogen-bond donors (Lipinski definition) is 0. The van der Waals surface area contributed by atoms with Gasteiger partial charge in [0.1, 0.15) is 0 Å². The van der Waals surface area contributed by atoms with Crippen molar-refractivity contribution in [3.8, 4) is 0 Å². The molecule has 1 aliphatic rings. The Labute approximate surface area is 124 Å². The summed E-state index contributed by atoms with van der Waals surface area (Å²) < 4.78 is 0. The van der Waals surface area contributed by atoms with Gasteiger partial charge in [-0.25, -0.2) is 4.98 Å².